The number of hydrogen-bond donors (Lipinski definition) is 0. The normalized spacial score (nSPS) is 10.7. The Hall–Kier alpha value is 0.870. The van der Waals surface area contributed by atoms with E-state index in [0.29, 0.717) is 0 Å². The van der Waals surface area contributed by atoms with E-state index in [-0.39, 0.29) is 22.9 Å². The maximum absolute atomic E-state index is 2.30. The van der Waals surface area contributed by atoms with Crippen LogP contribution in [0.2, 0.25) is 8.35 Å². The fourth-order valence-electron chi connectivity index (χ4n) is 2.28. The summed E-state index contributed by atoms with van der Waals surface area (Å²) < 4.78 is 3.35. The molecule has 0 aromatic heterocycles. The van der Waals surface area contributed by atoms with E-state index in [2.05, 4.69) is 13.8 Å². The van der Waals surface area contributed by atoms with Gasteiger partial charge in [0.25, 0.3) is 0 Å². The predicted octanol–water partition coefficient (Wildman–Crippen LogP) is 6.25. The Kier molecular flexibility index (Phi) is 17.7. The van der Waals surface area contributed by atoms with Gasteiger partial charge in [0.15, 0.2) is 0 Å². The van der Waals surface area contributed by atoms with Gasteiger partial charge in [-0.3, -0.25) is 0 Å². The van der Waals surface area contributed by atoms with Crippen LogP contribution in [0.1, 0.15) is 90.9 Å². The first kappa shape index (κ1) is 17.9. The van der Waals surface area contributed by atoms with Crippen molar-refractivity contribution in [3.63, 3.8) is 0 Å². The first-order valence-corrected chi connectivity index (χ1v) is 12.9. The van der Waals surface area contributed by atoms with Gasteiger partial charge in [0.05, 0.1) is 0 Å². The Morgan fingerprint density at radius 2 is 0.824 bits per heavy atom. The molecule has 0 rings (SSSR count). The number of unbranched alkanes of at least 4 members (excludes halogenated alkanes) is 10. The van der Waals surface area contributed by atoms with Crippen molar-refractivity contribution in [2.45, 2.75) is 99.3 Å². The standard InChI is InChI=1S/2C8H17.In/c2*1-3-5-7-8-6-4-2;/h2*1,3-8H2,2H3;. The molecule has 0 unspecified atom stereocenters. The van der Waals surface area contributed by atoms with Gasteiger partial charge in [-0.15, -0.1) is 0 Å². The van der Waals surface area contributed by atoms with Crippen LogP contribution in [0, 0.1) is 0 Å². The van der Waals surface area contributed by atoms with E-state index in [4.69, 9.17) is 0 Å². The predicted molar refractivity (Wildman–Crippen MR) is 82.1 cm³/mol. The van der Waals surface area contributed by atoms with Crippen LogP contribution in [0.15, 0.2) is 0 Å². The zero-order valence-corrected chi connectivity index (χ0v) is 15.8. The van der Waals surface area contributed by atoms with Crippen LogP contribution in [0.4, 0.5) is 0 Å². The van der Waals surface area contributed by atoms with Crippen LogP contribution < -0.4 is 0 Å². The summed E-state index contributed by atoms with van der Waals surface area (Å²) in [5.41, 5.74) is 0. The van der Waals surface area contributed by atoms with Crippen molar-refractivity contribution >= 4 is 22.9 Å². The van der Waals surface area contributed by atoms with Gasteiger partial charge in [-0.1, -0.05) is 0 Å². The molecule has 0 amide bonds. The molecular formula is C16H34In. The molecule has 0 saturated carbocycles. The summed E-state index contributed by atoms with van der Waals surface area (Å²) in [6.45, 7) is 4.60. The zero-order chi connectivity index (χ0) is 12.6. The van der Waals surface area contributed by atoms with Gasteiger partial charge in [0, 0.05) is 0 Å². The third-order valence-electron chi connectivity index (χ3n) is 3.52. The average Bonchev–Trinajstić information content (AvgIpc) is 2.35. The molecule has 0 aromatic rings. The Balaban J connectivity index is 2.85. The Morgan fingerprint density at radius 1 is 0.471 bits per heavy atom. The van der Waals surface area contributed by atoms with Crippen LogP contribution in [0.5, 0.6) is 0 Å². The summed E-state index contributed by atoms with van der Waals surface area (Å²) in [6.07, 6.45) is 17.9. The molecule has 1 radical (unpaired) electrons. The summed E-state index contributed by atoms with van der Waals surface area (Å²) in [5, 5.41) is 0. The molecule has 17 heavy (non-hydrogen) atoms. The fraction of sp³-hybridized carbons (Fsp3) is 1.00. The van der Waals surface area contributed by atoms with E-state index in [0.717, 1.165) is 0 Å². The first-order valence-electron chi connectivity index (χ1n) is 8.23. The Labute approximate surface area is 122 Å². The summed E-state index contributed by atoms with van der Waals surface area (Å²) in [5.74, 6) is 0. The van der Waals surface area contributed by atoms with Crippen molar-refractivity contribution in [3.8, 4) is 0 Å². The molecule has 0 N–H and O–H groups in total. The topological polar surface area (TPSA) is 0 Å². The minimum absolute atomic E-state index is 0.0928. The molecule has 1 heteroatoms. The Morgan fingerprint density at radius 3 is 1.24 bits per heavy atom. The van der Waals surface area contributed by atoms with Crippen molar-refractivity contribution in [3.05, 3.63) is 0 Å². The van der Waals surface area contributed by atoms with Crippen LogP contribution in [-0.4, -0.2) is 22.9 Å². The number of hydrogen-bond acceptors (Lipinski definition) is 0. The van der Waals surface area contributed by atoms with E-state index in [1.807, 2.05) is 0 Å². The molecule has 0 spiro atoms. The minimum atomic E-state index is -0.0928. The molecule has 0 bridgehead atoms. The van der Waals surface area contributed by atoms with E-state index in [1.54, 1.807) is 21.2 Å². The quantitative estimate of drug-likeness (QED) is 0.328. The van der Waals surface area contributed by atoms with Gasteiger partial charge in [0.2, 0.25) is 0 Å². The van der Waals surface area contributed by atoms with Crippen LogP contribution >= 0.6 is 0 Å². The third-order valence-corrected chi connectivity index (χ3v) is 8.18. The van der Waals surface area contributed by atoms with Crippen LogP contribution in [0.3, 0.4) is 0 Å². The van der Waals surface area contributed by atoms with Crippen molar-refractivity contribution in [1.82, 2.24) is 0 Å². The second-order valence-corrected chi connectivity index (χ2v) is 10.3. The number of rotatable bonds is 14. The maximum atomic E-state index is 2.30. The molecule has 0 aliphatic rings. The molecule has 0 aliphatic carbocycles. The summed E-state index contributed by atoms with van der Waals surface area (Å²) in [4.78, 5) is 0. The summed E-state index contributed by atoms with van der Waals surface area (Å²) in [7, 11) is 0. The molecule has 0 atom stereocenters. The van der Waals surface area contributed by atoms with Gasteiger partial charge < -0.3 is 0 Å². The summed E-state index contributed by atoms with van der Waals surface area (Å²) >= 11 is -0.0928. The Bertz CT molecular complexity index is 109. The van der Waals surface area contributed by atoms with Gasteiger partial charge in [-0.05, 0) is 0 Å². The van der Waals surface area contributed by atoms with Crippen molar-refractivity contribution < 1.29 is 0 Å². The first-order chi connectivity index (χ1) is 8.41. The van der Waals surface area contributed by atoms with Gasteiger partial charge in [-0.25, -0.2) is 0 Å². The molecular weight excluding hydrogens is 307 g/mol. The third kappa shape index (κ3) is 16.9. The van der Waals surface area contributed by atoms with Crippen molar-refractivity contribution in [2.75, 3.05) is 0 Å². The SMILES string of the molecule is CCCCCCC[CH2][In][CH2]CCCCCCC. The second-order valence-electron chi connectivity index (χ2n) is 5.40. The van der Waals surface area contributed by atoms with Crippen molar-refractivity contribution in [1.29, 1.82) is 0 Å². The summed E-state index contributed by atoms with van der Waals surface area (Å²) in [6, 6.07) is 0. The molecule has 101 valence electrons. The molecule has 0 nitrogen and oxygen atoms in total. The fourth-order valence-corrected chi connectivity index (χ4v) is 6.40. The second kappa shape index (κ2) is 16.9. The molecule has 0 aromatic carbocycles. The van der Waals surface area contributed by atoms with Gasteiger partial charge in [-0.2, -0.15) is 0 Å². The van der Waals surface area contributed by atoms with Crippen LogP contribution in [0.25, 0.3) is 0 Å². The van der Waals surface area contributed by atoms with Gasteiger partial charge >= 0.3 is 122 Å². The van der Waals surface area contributed by atoms with E-state index in [1.165, 1.54) is 64.2 Å². The monoisotopic (exact) mass is 341 g/mol. The average molecular weight is 341 g/mol. The van der Waals surface area contributed by atoms with Gasteiger partial charge in [0.1, 0.15) is 0 Å². The van der Waals surface area contributed by atoms with E-state index in [9.17, 15) is 0 Å². The van der Waals surface area contributed by atoms with E-state index >= 15 is 0 Å². The van der Waals surface area contributed by atoms with Crippen molar-refractivity contribution in [2.24, 2.45) is 0 Å². The van der Waals surface area contributed by atoms with Crippen LogP contribution in [-0.2, 0) is 0 Å². The molecule has 0 fully saturated rings. The molecule has 0 heterocycles. The molecule has 0 saturated heterocycles. The zero-order valence-electron chi connectivity index (χ0n) is 12.5. The molecule has 0 aliphatic heterocycles. The van der Waals surface area contributed by atoms with E-state index < -0.39 is 0 Å².